The van der Waals surface area contributed by atoms with Crippen molar-refractivity contribution in [2.24, 2.45) is 0 Å². The summed E-state index contributed by atoms with van der Waals surface area (Å²) in [6.07, 6.45) is 0. The summed E-state index contributed by atoms with van der Waals surface area (Å²) < 4.78 is 32.2. The van der Waals surface area contributed by atoms with E-state index >= 15 is 0 Å². The van der Waals surface area contributed by atoms with Crippen LogP contribution >= 0.6 is 11.6 Å². The molecule has 0 atom stereocenters. The highest BCUT2D eigenvalue weighted by Gasteiger charge is 2.20. The van der Waals surface area contributed by atoms with Gasteiger partial charge in [-0.25, -0.2) is 8.78 Å². The fourth-order valence-corrected chi connectivity index (χ4v) is 2.18. The van der Waals surface area contributed by atoms with E-state index in [0.29, 0.717) is 16.3 Å². The highest BCUT2D eigenvalue weighted by molar-refractivity contribution is 6.30. The molecule has 0 bridgehead atoms. The summed E-state index contributed by atoms with van der Waals surface area (Å²) >= 11 is 5.83. The zero-order valence-corrected chi connectivity index (χ0v) is 11.4. The number of aromatic nitrogens is 1. The van der Waals surface area contributed by atoms with Crippen LogP contribution in [-0.2, 0) is 0 Å². The van der Waals surface area contributed by atoms with E-state index in [0.717, 1.165) is 12.1 Å². The number of rotatable bonds is 2. The van der Waals surface area contributed by atoms with Crippen LogP contribution in [0.15, 0.2) is 47.0 Å². The second-order valence-electron chi connectivity index (χ2n) is 4.40. The van der Waals surface area contributed by atoms with Gasteiger partial charge in [-0.3, -0.25) is 0 Å². The van der Waals surface area contributed by atoms with Crippen LogP contribution in [0.4, 0.5) is 14.6 Å². The zero-order chi connectivity index (χ0) is 15.0. The van der Waals surface area contributed by atoms with E-state index in [9.17, 15) is 8.78 Å². The van der Waals surface area contributed by atoms with E-state index < -0.39 is 11.6 Å². The van der Waals surface area contributed by atoms with Crippen LogP contribution in [0.2, 0.25) is 5.02 Å². The number of nitrogens with zero attached hydrogens (tertiary/aromatic N) is 1. The molecular weight excluding hydrogens is 298 g/mol. The Hall–Kier alpha value is -2.40. The minimum absolute atomic E-state index is 0.0328. The van der Waals surface area contributed by atoms with Gasteiger partial charge in [-0.15, -0.1) is 0 Å². The Morgan fingerprint density at radius 2 is 1.76 bits per heavy atom. The average Bonchev–Trinajstić information content (AvgIpc) is 2.82. The van der Waals surface area contributed by atoms with Gasteiger partial charge < -0.3 is 10.3 Å². The maximum Gasteiger partial charge on any atom is 0.177 e. The number of nitrogens with two attached hydrogens (primary N) is 1. The molecule has 0 amide bonds. The van der Waals surface area contributed by atoms with E-state index in [1.54, 1.807) is 24.3 Å². The summed E-state index contributed by atoms with van der Waals surface area (Å²) in [5.41, 5.74) is 6.81. The van der Waals surface area contributed by atoms with Gasteiger partial charge in [-0.1, -0.05) is 16.8 Å². The van der Waals surface area contributed by atoms with Gasteiger partial charge in [0, 0.05) is 22.2 Å². The molecule has 21 heavy (non-hydrogen) atoms. The fraction of sp³-hybridized carbons (Fsp3) is 0. The van der Waals surface area contributed by atoms with Crippen molar-refractivity contribution in [1.29, 1.82) is 0 Å². The first-order valence-corrected chi connectivity index (χ1v) is 6.40. The van der Waals surface area contributed by atoms with Gasteiger partial charge >= 0.3 is 0 Å². The molecule has 6 heteroatoms. The molecule has 0 fully saturated rings. The molecule has 0 spiro atoms. The monoisotopic (exact) mass is 306 g/mol. The van der Waals surface area contributed by atoms with Crippen molar-refractivity contribution in [2.45, 2.75) is 0 Å². The molecule has 0 aliphatic carbocycles. The molecule has 0 saturated heterocycles. The van der Waals surface area contributed by atoms with Crippen molar-refractivity contribution < 1.29 is 13.3 Å². The van der Waals surface area contributed by atoms with E-state index in [4.69, 9.17) is 21.9 Å². The molecule has 106 valence electrons. The molecule has 3 aromatic rings. The highest BCUT2D eigenvalue weighted by atomic mass is 35.5. The lowest BCUT2D eigenvalue weighted by molar-refractivity contribution is 0.436. The molecule has 1 aromatic heterocycles. The van der Waals surface area contributed by atoms with Gasteiger partial charge in [-0.05, 0) is 36.4 Å². The summed E-state index contributed by atoms with van der Waals surface area (Å²) in [6.45, 7) is 0. The van der Waals surface area contributed by atoms with Crippen LogP contribution in [0.25, 0.3) is 22.5 Å². The third-order valence-electron chi connectivity index (χ3n) is 3.03. The Labute approximate surface area is 123 Å². The molecule has 2 aromatic carbocycles. The third kappa shape index (κ3) is 2.48. The van der Waals surface area contributed by atoms with Crippen LogP contribution in [0.5, 0.6) is 0 Å². The molecule has 0 saturated carbocycles. The van der Waals surface area contributed by atoms with Gasteiger partial charge in [0.15, 0.2) is 11.6 Å². The van der Waals surface area contributed by atoms with Crippen molar-refractivity contribution in [3.05, 3.63) is 59.1 Å². The molecule has 3 rings (SSSR count). The molecule has 0 aliphatic rings. The van der Waals surface area contributed by atoms with Gasteiger partial charge in [-0.2, -0.15) is 0 Å². The number of hydrogen-bond acceptors (Lipinski definition) is 3. The summed E-state index contributed by atoms with van der Waals surface area (Å²) in [4.78, 5) is 0. The van der Waals surface area contributed by atoms with Crippen molar-refractivity contribution in [3.63, 3.8) is 0 Å². The van der Waals surface area contributed by atoms with Gasteiger partial charge in [0.1, 0.15) is 11.6 Å². The van der Waals surface area contributed by atoms with E-state index in [-0.39, 0.29) is 16.9 Å². The number of anilines is 1. The predicted molar refractivity (Wildman–Crippen MR) is 76.7 cm³/mol. The van der Waals surface area contributed by atoms with Gasteiger partial charge in [0.25, 0.3) is 0 Å². The second kappa shape index (κ2) is 5.18. The minimum atomic E-state index is -0.736. The Kier molecular flexibility index (Phi) is 3.35. The lowest BCUT2D eigenvalue weighted by Crippen LogP contribution is -1.92. The molecule has 2 N–H and O–H groups in total. The van der Waals surface area contributed by atoms with Gasteiger partial charge in [0.2, 0.25) is 0 Å². The first kappa shape index (κ1) is 13.6. The first-order chi connectivity index (χ1) is 10.1. The van der Waals surface area contributed by atoms with Crippen LogP contribution < -0.4 is 5.73 Å². The summed E-state index contributed by atoms with van der Waals surface area (Å²) in [7, 11) is 0. The van der Waals surface area contributed by atoms with Crippen LogP contribution in [0.3, 0.4) is 0 Å². The van der Waals surface area contributed by atoms with Crippen molar-refractivity contribution in [2.75, 3.05) is 5.73 Å². The summed E-state index contributed by atoms with van der Waals surface area (Å²) in [5, 5.41) is 4.22. The lowest BCUT2D eigenvalue weighted by atomic mass is 10.0. The fourth-order valence-electron chi connectivity index (χ4n) is 2.05. The normalized spacial score (nSPS) is 10.8. The average molecular weight is 307 g/mol. The number of nitrogen functional groups attached to an aromatic ring is 1. The highest BCUT2D eigenvalue weighted by Crippen LogP contribution is 2.38. The van der Waals surface area contributed by atoms with Crippen molar-refractivity contribution in [3.8, 4) is 22.5 Å². The Bertz CT molecular complexity index is 800. The first-order valence-electron chi connectivity index (χ1n) is 6.03. The van der Waals surface area contributed by atoms with Gasteiger partial charge in [0.05, 0.1) is 5.56 Å². The van der Waals surface area contributed by atoms with Crippen molar-refractivity contribution >= 4 is 17.4 Å². The molecule has 1 heterocycles. The van der Waals surface area contributed by atoms with E-state index in [2.05, 4.69) is 5.16 Å². The Morgan fingerprint density at radius 1 is 1.05 bits per heavy atom. The van der Waals surface area contributed by atoms with Crippen LogP contribution in [0.1, 0.15) is 0 Å². The van der Waals surface area contributed by atoms with Crippen molar-refractivity contribution in [1.82, 2.24) is 5.16 Å². The van der Waals surface area contributed by atoms with E-state index in [1.807, 2.05) is 0 Å². The second-order valence-corrected chi connectivity index (χ2v) is 4.84. The minimum Gasteiger partial charge on any atom is -0.380 e. The summed E-state index contributed by atoms with van der Waals surface area (Å²) in [6, 6.07) is 9.97. The standard InChI is InChI=1S/C15H9ClF2N2O/c16-9-3-1-8(2-4-9)14-13(15(19)20-21-14)11-6-5-10(17)7-12(11)18/h1-7H,(H2,19,20). The molecule has 0 aliphatic heterocycles. The Balaban J connectivity index is 2.19. The lowest BCUT2D eigenvalue weighted by Gasteiger charge is -2.04. The Morgan fingerprint density at radius 3 is 2.43 bits per heavy atom. The third-order valence-corrected chi connectivity index (χ3v) is 3.28. The number of hydrogen-bond donors (Lipinski definition) is 1. The van der Waals surface area contributed by atoms with Crippen LogP contribution in [-0.4, -0.2) is 5.16 Å². The molecule has 0 unspecified atom stereocenters. The maximum absolute atomic E-state index is 14.0. The van der Waals surface area contributed by atoms with E-state index in [1.165, 1.54) is 6.07 Å². The van der Waals surface area contributed by atoms with Crippen LogP contribution in [0, 0.1) is 11.6 Å². The number of halogens is 3. The maximum atomic E-state index is 14.0. The molecule has 0 radical (unpaired) electrons. The largest absolute Gasteiger partial charge is 0.380 e. The molecular formula is C15H9ClF2N2O. The number of benzene rings is 2. The quantitative estimate of drug-likeness (QED) is 0.757. The summed E-state index contributed by atoms with van der Waals surface area (Å²) in [5.74, 6) is -1.07. The SMILES string of the molecule is Nc1noc(-c2ccc(Cl)cc2)c1-c1ccc(F)cc1F. The zero-order valence-electron chi connectivity index (χ0n) is 10.6. The topological polar surface area (TPSA) is 52.0 Å². The molecule has 3 nitrogen and oxygen atoms in total. The smallest absolute Gasteiger partial charge is 0.177 e. The predicted octanol–water partition coefficient (Wildman–Crippen LogP) is 4.52.